The number of aliphatic hydroxyl groups is 1. The Morgan fingerprint density at radius 3 is 2.69 bits per heavy atom. The predicted molar refractivity (Wildman–Crippen MR) is 62.6 cm³/mol. The fourth-order valence-corrected chi connectivity index (χ4v) is 2.07. The van der Waals surface area contributed by atoms with Crippen molar-refractivity contribution >= 4 is 0 Å². The van der Waals surface area contributed by atoms with E-state index in [1.165, 1.54) is 0 Å². The first-order valence-corrected chi connectivity index (χ1v) is 5.59. The van der Waals surface area contributed by atoms with Crippen molar-refractivity contribution in [3.05, 3.63) is 35.9 Å². The van der Waals surface area contributed by atoms with Gasteiger partial charge in [0.1, 0.15) is 0 Å². The third kappa shape index (κ3) is 2.63. The molecule has 84 valence electrons. The Kier molecular flexibility index (Phi) is 3.61. The van der Waals surface area contributed by atoms with Crippen LogP contribution in [0.1, 0.15) is 18.4 Å². The number of rotatable bonds is 3. The summed E-state index contributed by atoms with van der Waals surface area (Å²) < 4.78 is 5.74. The molecule has 1 N–H and O–H groups in total. The molecule has 1 aromatic rings. The maximum Gasteiger partial charge on any atom is 0.0720 e. The molecule has 2 nitrogen and oxygen atoms in total. The molecule has 0 spiro atoms. The largest absolute Gasteiger partial charge is 0.392 e. The molecule has 1 aliphatic carbocycles. The maximum atomic E-state index is 9.63. The highest BCUT2D eigenvalue weighted by Gasteiger charge is 2.32. The first-order chi connectivity index (χ1) is 7.79. The Hall–Kier alpha value is -1.30. The minimum atomic E-state index is -0.397. The maximum absolute atomic E-state index is 9.63. The highest BCUT2D eigenvalue weighted by Crippen LogP contribution is 2.28. The number of benzene rings is 1. The van der Waals surface area contributed by atoms with E-state index in [0.29, 0.717) is 13.0 Å². The van der Waals surface area contributed by atoms with E-state index in [9.17, 15) is 5.11 Å². The number of hydrogen-bond acceptors (Lipinski definition) is 2. The minimum Gasteiger partial charge on any atom is -0.392 e. The molecule has 2 rings (SSSR count). The summed E-state index contributed by atoms with van der Waals surface area (Å²) >= 11 is 0. The van der Waals surface area contributed by atoms with Crippen molar-refractivity contribution in [2.75, 3.05) is 0 Å². The third-order valence-corrected chi connectivity index (χ3v) is 3.03. The van der Waals surface area contributed by atoms with E-state index in [2.05, 4.69) is 5.92 Å². The Bertz CT molecular complexity index is 366. The molecule has 1 saturated carbocycles. The highest BCUT2D eigenvalue weighted by molar-refractivity contribution is 5.13. The molecular weight excluding hydrogens is 200 g/mol. The van der Waals surface area contributed by atoms with Crippen molar-refractivity contribution in [2.45, 2.75) is 31.7 Å². The van der Waals surface area contributed by atoms with Crippen LogP contribution in [0.3, 0.4) is 0 Å². The van der Waals surface area contributed by atoms with Crippen LogP contribution in [0.15, 0.2) is 30.3 Å². The van der Waals surface area contributed by atoms with Crippen LogP contribution in [-0.2, 0) is 11.3 Å². The number of hydrogen-bond donors (Lipinski definition) is 1. The third-order valence-electron chi connectivity index (χ3n) is 3.03. The van der Waals surface area contributed by atoms with Gasteiger partial charge in [-0.05, 0) is 12.0 Å². The van der Waals surface area contributed by atoms with Crippen molar-refractivity contribution in [3.63, 3.8) is 0 Å². The molecule has 16 heavy (non-hydrogen) atoms. The monoisotopic (exact) mass is 216 g/mol. The molecule has 2 heteroatoms. The van der Waals surface area contributed by atoms with E-state index in [1.54, 1.807) is 0 Å². The van der Waals surface area contributed by atoms with Gasteiger partial charge < -0.3 is 9.84 Å². The van der Waals surface area contributed by atoms with Crippen LogP contribution in [0.25, 0.3) is 0 Å². The zero-order valence-electron chi connectivity index (χ0n) is 9.17. The van der Waals surface area contributed by atoms with Crippen LogP contribution in [0.4, 0.5) is 0 Å². The van der Waals surface area contributed by atoms with Crippen LogP contribution < -0.4 is 0 Å². The smallest absolute Gasteiger partial charge is 0.0720 e. The molecule has 0 aliphatic heterocycles. The minimum absolute atomic E-state index is 0.0410. The molecule has 1 fully saturated rings. The number of ether oxygens (including phenoxy) is 1. The molecule has 0 bridgehead atoms. The van der Waals surface area contributed by atoms with Gasteiger partial charge in [-0.2, -0.15) is 0 Å². The molecule has 0 heterocycles. The molecule has 0 amide bonds. The number of terminal acetylenes is 1. The summed E-state index contributed by atoms with van der Waals surface area (Å²) in [5, 5.41) is 9.63. The molecule has 1 aromatic carbocycles. The van der Waals surface area contributed by atoms with Gasteiger partial charge in [-0.15, -0.1) is 12.3 Å². The van der Waals surface area contributed by atoms with Crippen molar-refractivity contribution in [2.24, 2.45) is 5.92 Å². The zero-order chi connectivity index (χ0) is 11.4. The van der Waals surface area contributed by atoms with Crippen LogP contribution in [-0.4, -0.2) is 17.3 Å². The molecule has 0 unspecified atom stereocenters. The fraction of sp³-hybridized carbons (Fsp3) is 0.429. The molecule has 0 radical (unpaired) electrons. The summed E-state index contributed by atoms with van der Waals surface area (Å²) in [5.74, 6) is 2.57. The average molecular weight is 216 g/mol. The van der Waals surface area contributed by atoms with Gasteiger partial charge in [0, 0.05) is 12.3 Å². The summed E-state index contributed by atoms with van der Waals surface area (Å²) in [4.78, 5) is 0. The van der Waals surface area contributed by atoms with Gasteiger partial charge in [0.15, 0.2) is 0 Å². The van der Waals surface area contributed by atoms with Crippen molar-refractivity contribution in [1.82, 2.24) is 0 Å². The normalized spacial score (nSPS) is 28.9. The fourth-order valence-electron chi connectivity index (χ4n) is 2.07. The summed E-state index contributed by atoms with van der Waals surface area (Å²) in [6, 6.07) is 10.0. The van der Waals surface area contributed by atoms with Crippen molar-refractivity contribution in [3.8, 4) is 12.3 Å². The Morgan fingerprint density at radius 2 is 2.06 bits per heavy atom. The number of aliphatic hydroxyl groups excluding tert-OH is 1. The van der Waals surface area contributed by atoms with E-state index >= 15 is 0 Å². The highest BCUT2D eigenvalue weighted by atomic mass is 16.5. The Balaban J connectivity index is 1.82. The van der Waals surface area contributed by atoms with E-state index in [-0.39, 0.29) is 12.0 Å². The lowest BCUT2D eigenvalue weighted by molar-refractivity contribution is 0.0357. The molecular formula is C14H16O2. The first-order valence-electron chi connectivity index (χ1n) is 5.59. The van der Waals surface area contributed by atoms with E-state index in [1.807, 2.05) is 30.3 Å². The molecule has 3 atom stereocenters. The quantitative estimate of drug-likeness (QED) is 0.783. The van der Waals surface area contributed by atoms with Gasteiger partial charge in [-0.3, -0.25) is 0 Å². The summed E-state index contributed by atoms with van der Waals surface area (Å²) in [6.07, 6.45) is 6.45. The van der Waals surface area contributed by atoms with Crippen LogP contribution in [0.5, 0.6) is 0 Å². The van der Waals surface area contributed by atoms with Gasteiger partial charge >= 0.3 is 0 Å². The molecule has 0 aromatic heterocycles. The summed E-state index contributed by atoms with van der Waals surface area (Å²) in [5.41, 5.74) is 1.15. The van der Waals surface area contributed by atoms with Crippen LogP contribution in [0.2, 0.25) is 0 Å². The molecule has 1 aliphatic rings. The Labute approximate surface area is 96.3 Å². The zero-order valence-corrected chi connectivity index (χ0v) is 9.17. The molecule has 0 saturated heterocycles. The first kappa shape index (κ1) is 11.2. The standard InChI is InChI=1S/C14H16O2/c1-2-12-8-13(9-14(12)15)16-10-11-6-4-3-5-7-11/h1,3-7,12-15H,8-10H2/t12-,13+,14-/m1/s1. The van der Waals surface area contributed by atoms with Crippen molar-refractivity contribution < 1.29 is 9.84 Å². The van der Waals surface area contributed by atoms with Gasteiger partial charge in [0.25, 0.3) is 0 Å². The lowest BCUT2D eigenvalue weighted by Gasteiger charge is -2.10. The lowest BCUT2D eigenvalue weighted by atomic mass is 10.1. The second kappa shape index (κ2) is 5.16. The van der Waals surface area contributed by atoms with Gasteiger partial charge in [0.05, 0.1) is 18.8 Å². The van der Waals surface area contributed by atoms with Gasteiger partial charge in [0.2, 0.25) is 0 Å². The van der Waals surface area contributed by atoms with Crippen LogP contribution >= 0.6 is 0 Å². The lowest BCUT2D eigenvalue weighted by Crippen LogP contribution is -2.11. The average Bonchev–Trinajstić information content (AvgIpc) is 2.69. The van der Waals surface area contributed by atoms with E-state index in [0.717, 1.165) is 12.0 Å². The van der Waals surface area contributed by atoms with Gasteiger partial charge in [-0.25, -0.2) is 0 Å². The van der Waals surface area contributed by atoms with E-state index in [4.69, 9.17) is 11.2 Å². The topological polar surface area (TPSA) is 29.5 Å². The second-order valence-corrected chi connectivity index (χ2v) is 4.23. The van der Waals surface area contributed by atoms with E-state index < -0.39 is 6.10 Å². The SMILES string of the molecule is C#C[C@@H]1C[C@H](OCc2ccccc2)C[C@H]1O. The summed E-state index contributed by atoms with van der Waals surface area (Å²) in [6.45, 7) is 0.593. The Morgan fingerprint density at radius 1 is 1.31 bits per heavy atom. The van der Waals surface area contributed by atoms with Gasteiger partial charge in [-0.1, -0.05) is 30.3 Å². The predicted octanol–water partition coefficient (Wildman–Crippen LogP) is 1.98. The van der Waals surface area contributed by atoms with Crippen molar-refractivity contribution in [1.29, 1.82) is 0 Å². The van der Waals surface area contributed by atoms with Crippen LogP contribution in [0, 0.1) is 18.3 Å². The summed E-state index contributed by atoms with van der Waals surface area (Å²) in [7, 11) is 0. The second-order valence-electron chi connectivity index (χ2n) is 4.23.